The fourth-order valence-corrected chi connectivity index (χ4v) is 1.32. The van der Waals surface area contributed by atoms with Crippen LogP contribution in [-0.2, 0) is 0 Å². The first-order chi connectivity index (χ1) is 6.20. The molecule has 0 aliphatic heterocycles. The predicted molar refractivity (Wildman–Crippen MR) is 47.0 cm³/mol. The van der Waals surface area contributed by atoms with E-state index >= 15 is 0 Å². The molecule has 13 heavy (non-hydrogen) atoms. The number of nitrogens with zero attached hydrogens (tertiary/aromatic N) is 3. The van der Waals surface area contributed by atoms with Gasteiger partial charge in [0.1, 0.15) is 6.33 Å². The number of rotatable bonds is 1. The molecule has 0 atom stereocenters. The second-order valence-electron chi connectivity index (χ2n) is 3.30. The van der Waals surface area contributed by atoms with Gasteiger partial charge in [-0.2, -0.15) is 0 Å². The number of fused-ring (bicyclic) bond motifs is 1. The average Bonchev–Trinajstić information content (AvgIpc) is 2.52. The Morgan fingerprint density at radius 1 is 1.46 bits per heavy atom. The van der Waals surface area contributed by atoms with Crippen LogP contribution in [0.25, 0.3) is 5.65 Å². The van der Waals surface area contributed by atoms with Gasteiger partial charge < -0.3 is 0 Å². The molecular formula is C9H10FN3. The molecule has 68 valence electrons. The molecule has 2 heterocycles. The van der Waals surface area contributed by atoms with E-state index in [4.69, 9.17) is 0 Å². The Morgan fingerprint density at radius 2 is 2.23 bits per heavy atom. The maximum atomic E-state index is 13.6. The molecule has 0 saturated heterocycles. The molecule has 0 radical (unpaired) electrons. The molecule has 2 aromatic rings. The van der Waals surface area contributed by atoms with E-state index in [9.17, 15) is 4.39 Å². The van der Waals surface area contributed by atoms with Gasteiger partial charge in [0.05, 0.1) is 0 Å². The van der Waals surface area contributed by atoms with Gasteiger partial charge in [-0.05, 0) is 17.5 Å². The zero-order valence-corrected chi connectivity index (χ0v) is 7.53. The van der Waals surface area contributed by atoms with Gasteiger partial charge in [-0.1, -0.05) is 13.8 Å². The summed E-state index contributed by atoms with van der Waals surface area (Å²) in [4.78, 5) is 0. The number of pyridine rings is 1. The van der Waals surface area contributed by atoms with Gasteiger partial charge in [0.2, 0.25) is 0 Å². The highest BCUT2D eigenvalue weighted by molar-refractivity contribution is 5.43. The number of halogens is 1. The Kier molecular flexibility index (Phi) is 1.76. The van der Waals surface area contributed by atoms with Crippen LogP contribution in [0.5, 0.6) is 0 Å². The first kappa shape index (κ1) is 8.16. The van der Waals surface area contributed by atoms with E-state index in [1.54, 1.807) is 16.7 Å². The van der Waals surface area contributed by atoms with E-state index in [0.717, 1.165) is 0 Å². The summed E-state index contributed by atoms with van der Waals surface area (Å²) in [6.45, 7) is 3.90. The normalized spacial score (nSPS) is 11.4. The summed E-state index contributed by atoms with van der Waals surface area (Å²) in [5, 5.41) is 7.33. The zero-order chi connectivity index (χ0) is 9.42. The maximum absolute atomic E-state index is 13.6. The van der Waals surface area contributed by atoms with Crippen molar-refractivity contribution in [3.05, 3.63) is 30.0 Å². The Balaban J connectivity index is 2.73. The van der Waals surface area contributed by atoms with Crippen molar-refractivity contribution < 1.29 is 4.39 Å². The van der Waals surface area contributed by atoms with Gasteiger partial charge in [-0.25, -0.2) is 4.39 Å². The second-order valence-corrected chi connectivity index (χ2v) is 3.30. The molecule has 0 N–H and O–H groups in total. The topological polar surface area (TPSA) is 30.2 Å². The molecule has 0 aromatic carbocycles. The highest BCUT2D eigenvalue weighted by Gasteiger charge is 2.11. The highest BCUT2D eigenvalue weighted by atomic mass is 19.1. The Hall–Kier alpha value is -1.45. The molecule has 4 heteroatoms. The van der Waals surface area contributed by atoms with Crippen LogP contribution in [0.4, 0.5) is 4.39 Å². The van der Waals surface area contributed by atoms with E-state index < -0.39 is 0 Å². The van der Waals surface area contributed by atoms with Crippen molar-refractivity contribution in [1.29, 1.82) is 0 Å². The van der Waals surface area contributed by atoms with Gasteiger partial charge in [-0.15, -0.1) is 10.2 Å². The second kappa shape index (κ2) is 2.80. The largest absolute Gasteiger partial charge is 0.287 e. The summed E-state index contributed by atoms with van der Waals surface area (Å²) in [7, 11) is 0. The summed E-state index contributed by atoms with van der Waals surface area (Å²) in [6.07, 6.45) is 3.26. The van der Waals surface area contributed by atoms with Crippen LogP contribution in [0.15, 0.2) is 18.6 Å². The summed E-state index contributed by atoms with van der Waals surface area (Å²) in [5.74, 6) is -0.100. The lowest BCUT2D eigenvalue weighted by Gasteiger charge is -2.06. The van der Waals surface area contributed by atoms with E-state index in [1.807, 2.05) is 13.8 Å². The molecule has 0 unspecified atom stereocenters. The molecule has 0 saturated carbocycles. The van der Waals surface area contributed by atoms with Crippen LogP contribution in [0.1, 0.15) is 25.3 Å². The number of hydrogen-bond donors (Lipinski definition) is 0. The zero-order valence-electron chi connectivity index (χ0n) is 7.53. The smallest absolute Gasteiger partial charge is 0.196 e. The molecule has 2 aromatic heterocycles. The van der Waals surface area contributed by atoms with Crippen molar-refractivity contribution in [2.75, 3.05) is 0 Å². The average molecular weight is 179 g/mol. The van der Waals surface area contributed by atoms with Gasteiger partial charge in [0.25, 0.3) is 0 Å². The summed E-state index contributed by atoms with van der Waals surface area (Å²) in [5.41, 5.74) is 0.978. The molecular weight excluding hydrogens is 169 g/mol. The minimum absolute atomic E-state index is 0.168. The van der Waals surface area contributed by atoms with Gasteiger partial charge in [-0.3, -0.25) is 4.40 Å². The van der Waals surface area contributed by atoms with Crippen LogP contribution in [0.2, 0.25) is 0 Å². The third-order valence-electron chi connectivity index (χ3n) is 2.06. The lowest BCUT2D eigenvalue weighted by molar-refractivity contribution is 0.599. The third-order valence-corrected chi connectivity index (χ3v) is 2.06. The molecule has 0 aliphatic carbocycles. The summed E-state index contributed by atoms with van der Waals surface area (Å²) < 4.78 is 15.2. The quantitative estimate of drug-likeness (QED) is 0.670. The highest BCUT2D eigenvalue weighted by Crippen LogP contribution is 2.20. The predicted octanol–water partition coefficient (Wildman–Crippen LogP) is 1.99. The van der Waals surface area contributed by atoms with Crippen molar-refractivity contribution in [2.45, 2.75) is 19.8 Å². The SMILES string of the molecule is CC(C)c1ccn2cnnc2c1F. The number of aromatic nitrogens is 3. The van der Waals surface area contributed by atoms with Crippen molar-refractivity contribution >= 4 is 5.65 Å². The van der Waals surface area contributed by atoms with Crippen LogP contribution in [-0.4, -0.2) is 14.6 Å². The van der Waals surface area contributed by atoms with E-state index in [1.165, 1.54) is 6.33 Å². The van der Waals surface area contributed by atoms with E-state index in [-0.39, 0.29) is 11.7 Å². The minimum atomic E-state index is -0.269. The Bertz CT molecular complexity index is 433. The molecule has 0 bridgehead atoms. The Labute approximate surface area is 75.2 Å². The third kappa shape index (κ3) is 1.18. The molecule has 3 nitrogen and oxygen atoms in total. The van der Waals surface area contributed by atoms with Crippen LogP contribution in [0.3, 0.4) is 0 Å². The van der Waals surface area contributed by atoms with Crippen LogP contribution in [0, 0.1) is 5.82 Å². The summed E-state index contributed by atoms with van der Waals surface area (Å²) in [6, 6.07) is 1.76. The van der Waals surface area contributed by atoms with Crippen molar-refractivity contribution in [3.8, 4) is 0 Å². The Morgan fingerprint density at radius 3 is 2.92 bits per heavy atom. The fraction of sp³-hybridized carbons (Fsp3) is 0.333. The van der Waals surface area contributed by atoms with Crippen molar-refractivity contribution in [1.82, 2.24) is 14.6 Å². The molecule has 2 rings (SSSR count). The van der Waals surface area contributed by atoms with Crippen molar-refractivity contribution in [3.63, 3.8) is 0 Å². The van der Waals surface area contributed by atoms with Crippen LogP contribution >= 0.6 is 0 Å². The van der Waals surface area contributed by atoms with E-state index in [2.05, 4.69) is 10.2 Å². The monoisotopic (exact) mass is 179 g/mol. The molecule has 0 spiro atoms. The maximum Gasteiger partial charge on any atom is 0.196 e. The number of hydrogen-bond acceptors (Lipinski definition) is 2. The first-order valence-corrected chi connectivity index (χ1v) is 4.18. The minimum Gasteiger partial charge on any atom is -0.287 e. The fourth-order valence-electron chi connectivity index (χ4n) is 1.32. The van der Waals surface area contributed by atoms with Gasteiger partial charge in [0.15, 0.2) is 11.5 Å². The van der Waals surface area contributed by atoms with Gasteiger partial charge in [0, 0.05) is 6.20 Å². The lowest BCUT2D eigenvalue weighted by Crippen LogP contribution is -1.97. The first-order valence-electron chi connectivity index (χ1n) is 4.18. The van der Waals surface area contributed by atoms with Gasteiger partial charge >= 0.3 is 0 Å². The molecule has 0 fully saturated rings. The van der Waals surface area contributed by atoms with E-state index in [0.29, 0.717) is 11.2 Å². The molecule has 0 aliphatic rings. The van der Waals surface area contributed by atoms with Crippen molar-refractivity contribution in [2.24, 2.45) is 0 Å². The standard InChI is InChI=1S/C9H10FN3/c1-6(2)7-3-4-13-5-11-12-9(13)8(7)10/h3-6H,1-2H3. The lowest BCUT2D eigenvalue weighted by atomic mass is 10.0. The van der Waals surface area contributed by atoms with Crippen LogP contribution < -0.4 is 0 Å². The summed E-state index contributed by atoms with van der Waals surface area (Å²) >= 11 is 0. The molecule has 0 amide bonds.